The maximum Gasteiger partial charge on any atom is 0.326 e. The third-order valence-corrected chi connectivity index (χ3v) is 12.6. The zero-order valence-corrected chi connectivity index (χ0v) is 47.9. The Morgan fingerprint density at radius 2 is 0.753 bits per heavy atom. The number of carbonyl (C=O) groups is 11. The van der Waals surface area contributed by atoms with Crippen molar-refractivity contribution in [1.29, 1.82) is 0 Å². The first-order chi connectivity index (χ1) is 38.9. The molecule has 12 N–H and O–H groups in total. The highest BCUT2D eigenvalue weighted by Crippen LogP contribution is 2.14. The fourth-order valence-electron chi connectivity index (χ4n) is 7.80. The van der Waals surface area contributed by atoms with Gasteiger partial charge in [0.15, 0.2) is 0 Å². The molecule has 474 valence electrons. The Bertz CT molecular complexity index is 1900. The van der Waals surface area contributed by atoms with E-state index in [0.717, 1.165) is 51.4 Å². The minimum atomic E-state index is -1.49. The molecule has 0 saturated heterocycles. The van der Waals surface area contributed by atoms with Gasteiger partial charge in [-0.15, -0.1) is 0 Å². The van der Waals surface area contributed by atoms with Crippen LogP contribution in [0.15, 0.2) is 0 Å². The molecular weight excluding hydrogens is 1090 g/mol. The maximum absolute atomic E-state index is 12.5. The number of likely N-dealkylation sites (N-methyl/N-ethyl adjacent to an activating group) is 1. The molecule has 0 radical (unpaired) electrons. The zero-order valence-electron chi connectivity index (χ0n) is 47.0. The summed E-state index contributed by atoms with van der Waals surface area (Å²) in [4.78, 5) is 131. The third kappa shape index (κ3) is 46.4. The summed E-state index contributed by atoms with van der Waals surface area (Å²) in [6.07, 6.45) is 15.2. The normalized spacial score (nSPS) is 12.5. The van der Waals surface area contributed by atoms with Crippen molar-refractivity contribution in [2.75, 3.05) is 79.5 Å². The number of nitrogens with one attached hydrogen (secondary N) is 8. The van der Waals surface area contributed by atoms with Gasteiger partial charge in [0.05, 0.1) is 45.7 Å². The highest BCUT2D eigenvalue weighted by Gasteiger charge is 2.25. The van der Waals surface area contributed by atoms with Gasteiger partial charge >= 0.3 is 23.9 Å². The van der Waals surface area contributed by atoms with E-state index < -0.39 is 105 Å². The highest BCUT2D eigenvalue weighted by atomic mass is 31.1. The molecule has 0 aromatic rings. The van der Waals surface area contributed by atoms with Crippen LogP contribution in [0.1, 0.15) is 168 Å². The third-order valence-electron chi connectivity index (χ3n) is 12.3. The summed E-state index contributed by atoms with van der Waals surface area (Å²) >= 11 is 0. The molecule has 0 aliphatic heterocycles. The zero-order chi connectivity index (χ0) is 60.3. The molecular formula is C52H101N8O20P. The van der Waals surface area contributed by atoms with Gasteiger partial charge in [-0.2, -0.15) is 0 Å². The monoisotopic (exact) mass is 1190 g/mol. The number of unbranched alkanes of at least 4 members (excludes halogenated alkanes) is 14. The van der Waals surface area contributed by atoms with E-state index >= 15 is 0 Å². The second-order valence-corrected chi connectivity index (χ2v) is 19.5. The fraction of sp³-hybridized carbons (Fsp3) is 0.788. The SMILES string of the molecule is CN[C@@H](CCCCNC(=O)CC[C@H](NC(=O)CC[C@H](NC(=O)COCCOCCNC(=O)COCCOCCNC(=O)CC[C@H](NC(=O)CCCCCCCCCCCCCCCCC(=O)O)C(=O)O)C(=O)O)C(=O)O)C(=O)NP=O.[HH].[HH].[HH].[HH].[HH]. The summed E-state index contributed by atoms with van der Waals surface area (Å²) in [5, 5.41) is 57.1. The van der Waals surface area contributed by atoms with Crippen molar-refractivity contribution < 1.29 is 104 Å². The van der Waals surface area contributed by atoms with Gasteiger partial charge in [-0.3, -0.25) is 43.4 Å². The van der Waals surface area contributed by atoms with Crippen molar-refractivity contribution in [2.45, 2.75) is 185 Å². The second kappa shape index (κ2) is 51.0. The van der Waals surface area contributed by atoms with Gasteiger partial charge in [-0.1, -0.05) is 77.0 Å². The number of aliphatic carboxylic acids is 4. The molecule has 0 aromatic carbocycles. The molecule has 0 aliphatic rings. The summed E-state index contributed by atoms with van der Waals surface area (Å²) in [6.45, 7) is 0.184. The molecule has 0 aliphatic carbocycles. The molecule has 0 bridgehead atoms. The van der Waals surface area contributed by atoms with Crippen molar-refractivity contribution in [3.63, 3.8) is 0 Å². The number of carboxylic acids is 4. The van der Waals surface area contributed by atoms with E-state index in [-0.39, 0.29) is 124 Å². The van der Waals surface area contributed by atoms with Crippen LogP contribution in [0, 0.1) is 0 Å². The van der Waals surface area contributed by atoms with Crippen molar-refractivity contribution in [1.82, 2.24) is 42.3 Å². The fourth-order valence-corrected chi connectivity index (χ4v) is 8.05. The molecule has 0 heterocycles. The number of carboxylic acid groups (broad SMARTS) is 4. The highest BCUT2D eigenvalue weighted by molar-refractivity contribution is 7.22. The minimum absolute atomic E-state index is 0. The lowest BCUT2D eigenvalue weighted by atomic mass is 10.0. The number of ether oxygens (including phenoxy) is 4. The van der Waals surface area contributed by atoms with Crippen LogP contribution in [0.3, 0.4) is 0 Å². The van der Waals surface area contributed by atoms with Crippen LogP contribution >= 0.6 is 8.61 Å². The van der Waals surface area contributed by atoms with E-state index in [9.17, 15) is 72.6 Å². The topological polar surface area (TPSA) is 419 Å². The lowest BCUT2D eigenvalue weighted by molar-refractivity contribution is -0.144. The maximum atomic E-state index is 12.5. The van der Waals surface area contributed by atoms with Crippen molar-refractivity contribution in [3.8, 4) is 0 Å². The molecule has 0 spiro atoms. The second-order valence-electron chi connectivity index (χ2n) is 19.1. The minimum Gasteiger partial charge on any atom is -0.481 e. The predicted molar refractivity (Wildman–Crippen MR) is 303 cm³/mol. The van der Waals surface area contributed by atoms with E-state index in [1.54, 1.807) is 7.05 Å². The summed E-state index contributed by atoms with van der Waals surface area (Å²) in [5.74, 6) is -8.48. The van der Waals surface area contributed by atoms with Gasteiger partial charge < -0.3 is 76.6 Å². The van der Waals surface area contributed by atoms with Gasteiger partial charge in [-0.05, 0) is 58.4 Å². The Kier molecular flexibility index (Phi) is 47.3. The number of hydrogen-bond acceptors (Lipinski definition) is 17. The van der Waals surface area contributed by atoms with Gasteiger partial charge in [0.25, 0.3) is 8.61 Å². The Morgan fingerprint density at radius 3 is 1.19 bits per heavy atom. The van der Waals surface area contributed by atoms with Crippen LogP contribution in [0.2, 0.25) is 0 Å². The summed E-state index contributed by atoms with van der Waals surface area (Å²) in [7, 11) is 1.07. The van der Waals surface area contributed by atoms with Crippen molar-refractivity contribution in [2.24, 2.45) is 0 Å². The molecule has 29 heteroatoms. The van der Waals surface area contributed by atoms with Crippen molar-refractivity contribution >= 4 is 73.8 Å². The first-order valence-electron chi connectivity index (χ1n) is 28.1. The molecule has 0 aromatic heterocycles. The van der Waals surface area contributed by atoms with Crippen LogP contribution in [-0.2, 0) is 76.3 Å². The van der Waals surface area contributed by atoms with Gasteiger partial charge in [0, 0.05) is 58.9 Å². The first kappa shape index (κ1) is 75.1. The standard InChI is InChI=1S/C52H91N8O20P.5H2/c1-53-38(49(69)60-81-76)18-16-17-27-54-42(61)24-21-40(51(72)73)58-45(64)26-23-41(52(74)75)59-47(66)37-80-35-33-78-31-29-56-46(65)36-79-34-32-77-30-28-55-43(62)25-22-39(50(70)71)57-44(63)19-14-12-10-8-6-4-2-3-5-7-9-11-13-15-20-48(67)68;;;;;/h38-41,53H,2-37H2,1H3,(H,54,61)(H,55,62)(H,56,65)(H,57,63)(H,58,64)(H,59,66)(H,67,68)(H,70,71)(H,72,73)(H,74,75)(H,60,69,76);5*1H/t38-,39-,40-,41-;;;;;/m0...../s1. The van der Waals surface area contributed by atoms with E-state index in [2.05, 4.69) is 42.3 Å². The summed E-state index contributed by atoms with van der Waals surface area (Å²) in [6, 6.07) is -4.68. The molecule has 0 saturated carbocycles. The van der Waals surface area contributed by atoms with E-state index in [1.165, 1.54) is 32.1 Å². The quantitative estimate of drug-likeness (QED) is 0.0307. The Morgan fingerprint density at radius 1 is 0.383 bits per heavy atom. The first-order valence-corrected chi connectivity index (χ1v) is 28.9. The summed E-state index contributed by atoms with van der Waals surface area (Å²) < 4.78 is 31.7. The van der Waals surface area contributed by atoms with Gasteiger partial charge in [0.1, 0.15) is 31.3 Å². The smallest absolute Gasteiger partial charge is 0.326 e. The molecule has 28 nitrogen and oxygen atoms in total. The molecule has 0 rings (SSSR count). The van der Waals surface area contributed by atoms with Crippen LogP contribution in [0.4, 0.5) is 0 Å². The van der Waals surface area contributed by atoms with Crippen LogP contribution in [0.25, 0.3) is 0 Å². The lowest BCUT2D eigenvalue weighted by Gasteiger charge is -2.17. The predicted octanol–water partition coefficient (Wildman–Crippen LogP) is 3.09. The number of amides is 7. The molecule has 0 unspecified atom stereocenters. The Hall–Kier alpha value is -5.93. The largest absolute Gasteiger partial charge is 0.481 e. The number of carbonyl (C=O) groups excluding carboxylic acids is 7. The van der Waals surface area contributed by atoms with Crippen LogP contribution in [-0.4, -0.2) is 189 Å². The average molecular weight is 1190 g/mol. The van der Waals surface area contributed by atoms with Crippen molar-refractivity contribution in [3.05, 3.63) is 0 Å². The van der Waals surface area contributed by atoms with E-state index in [4.69, 9.17) is 24.1 Å². The Balaban J connectivity index is -0.00000320. The van der Waals surface area contributed by atoms with Crippen LogP contribution in [0.5, 0.6) is 0 Å². The lowest BCUT2D eigenvalue weighted by Crippen LogP contribution is -2.45. The molecule has 81 heavy (non-hydrogen) atoms. The molecule has 4 atom stereocenters. The van der Waals surface area contributed by atoms with Gasteiger partial charge in [0.2, 0.25) is 41.4 Å². The molecule has 7 amide bonds. The average Bonchev–Trinajstić information content (AvgIpc) is 3.41. The van der Waals surface area contributed by atoms with Gasteiger partial charge in [-0.25, -0.2) is 18.9 Å². The van der Waals surface area contributed by atoms with E-state index in [1.807, 2.05) is 0 Å². The van der Waals surface area contributed by atoms with Crippen LogP contribution < -0.4 is 42.3 Å². The Labute approximate surface area is 483 Å². The summed E-state index contributed by atoms with van der Waals surface area (Å²) in [5.41, 5.74) is 0. The number of rotatable bonds is 56. The molecule has 0 fully saturated rings. The number of hydrogen-bond donors (Lipinski definition) is 12. The van der Waals surface area contributed by atoms with E-state index in [0.29, 0.717) is 25.7 Å².